The first-order valence-corrected chi connectivity index (χ1v) is 8.85. The minimum Gasteiger partial charge on any atom is -0.497 e. The first-order valence-electron chi connectivity index (χ1n) is 8.85. The zero-order valence-electron chi connectivity index (χ0n) is 15.3. The summed E-state index contributed by atoms with van der Waals surface area (Å²) < 4.78 is 26.5. The monoisotopic (exact) mass is 382 g/mol. The maximum atomic E-state index is 13.7. The van der Waals surface area contributed by atoms with Crippen molar-refractivity contribution in [2.45, 2.75) is 25.8 Å². The van der Waals surface area contributed by atoms with E-state index in [1.165, 1.54) is 6.07 Å². The van der Waals surface area contributed by atoms with E-state index in [4.69, 9.17) is 9.47 Å². The molecule has 1 aliphatic heterocycles. The Morgan fingerprint density at radius 2 is 2.07 bits per heavy atom. The van der Waals surface area contributed by atoms with Crippen LogP contribution in [0.2, 0.25) is 0 Å². The second kappa shape index (κ2) is 7.77. The predicted octanol–water partition coefficient (Wildman–Crippen LogP) is 2.63. The third-order valence-corrected chi connectivity index (χ3v) is 4.70. The van der Waals surface area contributed by atoms with E-state index in [1.807, 2.05) is 24.3 Å². The van der Waals surface area contributed by atoms with Crippen molar-refractivity contribution >= 4 is 5.91 Å². The summed E-state index contributed by atoms with van der Waals surface area (Å²) >= 11 is 0. The quantitative estimate of drug-likeness (QED) is 0.734. The van der Waals surface area contributed by atoms with Crippen molar-refractivity contribution < 1.29 is 18.7 Å². The highest BCUT2D eigenvalue weighted by Gasteiger charge is 2.27. The number of nitrogens with one attached hydrogen (secondary N) is 1. The largest absolute Gasteiger partial charge is 0.497 e. The maximum Gasteiger partial charge on any atom is 0.274 e. The zero-order valence-corrected chi connectivity index (χ0v) is 15.3. The summed E-state index contributed by atoms with van der Waals surface area (Å²) in [5, 5.41) is 10.8. The Kier molecular flexibility index (Phi) is 5.03. The van der Waals surface area contributed by atoms with E-state index in [0.29, 0.717) is 17.8 Å². The van der Waals surface area contributed by atoms with Gasteiger partial charge in [-0.15, -0.1) is 5.10 Å². The summed E-state index contributed by atoms with van der Waals surface area (Å²) in [7, 11) is 1.62. The average Bonchev–Trinajstić information content (AvgIpc) is 3.16. The summed E-state index contributed by atoms with van der Waals surface area (Å²) in [6.07, 6.45) is -0.186. The van der Waals surface area contributed by atoms with Crippen molar-refractivity contribution in [2.24, 2.45) is 0 Å². The lowest BCUT2D eigenvalue weighted by molar-refractivity contribution is -0.00179. The van der Waals surface area contributed by atoms with E-state index < -0.39 is 5.91 Å². The molecule has 0 spiro atoms. The van der Waals surface area contributed by atoms with Crippen LogP contribution in [0.3, 0.4) is 0 Å². The highest BCUT2D eigenvalue weighted by atomic mass is 19.1. The molecular weight excluding hydrogens is 363 g/mol. The highest BCUT2D eigenvalue weighted by molar-refractivity contribution is 5.93. The van der Waals surface area contributed by atoms with Crippen LogP contribution in [0, 0.1) is 5.82 Å². The van der Waals surface area contributed by atoms with Gasteiger partial charge in [0, 0.05) is 12.1 Å². The Morgan fingerprint density at radius 3 is 2.82 bits per heavy atom. The maximum absolute atomic E-state index is 13.7. The van der Waals surface area contributed by atoms with Crippen LogP contribution in [0.5, 0.6) is 5.75 Å². The van der Waals surface area contributed by atoms with E-state index in [0.717, 1.165) is 11.3 Å². The molecule has 0 radical (unpaired) electrons. The summed E-state index contributed by atoms with van der Waals surface area (Å²) in [4.78, 5) is 12.5. The van der Waals surface area contributed by atoms with E-state index in [2.05, 4.69) is 15.6 Å². The minimum atomic E-state index is -0.406. The van der Waals surface area contributed by atoms with Crippen LogP contribution in [0.4, 0.5) is 4.39 Å². The number of methoxy groups -OCH3 is 1. The zero-order chi connectivity index (χ0) is 19.5. The first kappa shape index (κ1) is 18.1. The second-order valence-electron chi connectivity index (χ2n) is 6.41. The number of nitrogens with zero attached hydrogens (tertiary/aromatic N) is 3. The van der Waals surface area contributed by atoms with Crippen LogP contribution in [-0.4, -0.2) is 28.0 Å². The molecule has 1 aromatic heterocycles. The molecule has 0 saturated heterocycles. The summed E-state index contributed by atoms with van der Waals surface area (Å²) in [5.41, 5.74) is 2.21. The highest BCUT2D eigenvalue weighted by Crippen LogP contribution is 2.28. The third-order valence-electron chi connectivity index (χ3n) is 4.70. The van der Waals surface area contributed by atoms with Gasteiger partial charge in [0.25, 0.3) is 5.91 Å². The van der Waals surface area contributed by atoms with Crippen molar-refractivity contribution in [1.29, 1.82) is 0 Å². The van der Waals surface area contributed by atoms with E-state index in [-0.39, 0.29) is 30.8 Å². The number of halogens is 1. The van der Waals surface area contributed by atoms with E-state index >= 15 is 0 Å². The van der Waals surface area contributed by atoms with Crippen molar-refractivity contribution in [3.63, 3.8) is 0 Å². The standard InChI is InChI=1S/C20H19FN4O3/c1-27-15-8-6-13(7-9-15)18-11-25-17(12-28-18)19(23-24-25)20(26)22-10-14-4-2-3-5-16(14)21/h2-9,18H,10-12H2,1H3,(H,22,26). The molecule has 8 heteroatoms. The molecule has 0 aliphatic carbocycles. The van der Waals surface area contributed by atoms with Gasteiger partial charge in [0.05, 0.1) is 26.0 Å². The number of ether oxygens (including phenoxy) is 2. The van der Waals surface area contributed by atoms with Gasteiger partial charge in [-0.3, -0.25) is 4.79 Å². The number of hydrogen-bond donors (Lipinski definition) is 1. The number of hydrogen-bond acceptors (Lipinski definition) is 5. The molecule has 0 fully saturated rings. The van der Waals surface area contributed by atoms with Gasteiger partial charge in [-0.05, 0) is 23.8 Å². The Labute approximate surface area is 161 Å². The number of benzene rings is 2. The van der Waals surface area contributed by atoms with Gasteiger partial charge in [0.15, 0.2) is 5.69 Å². The van der Waals surface area contributed by atoms with E-state index in [1.54, 1.807) is 30.0 Å². The molecule has 2 heterocycles. The fourth-order valence-corrected chi connectivity index (χ4v) is 3.11. The molecule has 3 aromatic rings. The van der Waals surface area contributed by atoms with Gasteiger partial charge >= 0.3 is 0 Å². The molecule has 1 aliphatic rings. The Hall–Kier alpha value is -3.26. The van der Waals surface area contributed by atoms with Crippen LogP contribution in [0.15, 0.2) is 48.5 Å². The SMILES string of the molecule is COc1ccc(C2Cn3nnc(C(=O)NCc4ccccc4F)c3CO2)cc1. The summed E-state index contributed by atoms with van der Waals surface area (Å²) in [5.74, 6) is 0.00396. The van der Waals surface area contributed by atoms with Gasteiger partial charge in [0.1, 0.15) is 17.7 Å². The lowest BCUT2D eigenvalue weighted by atomic mass is 10.1. The molecule has 4 rings (SSSR count). The lowest BCUT2D eigenvalue weighted by Gasteiger charge is -2.24. The molecule has 1 N–H and O–H groups in total. The number of aromatic nitrogens is 3. The predicted molar refractivity (Wildman–Crippen MR) is 98.1 cm³/mol. The molecule has 0 saturated carbocycles. The van der Waals surface area contributed by atoms with Crippen molar-refractivity contribution in [1.82, 2.24) is 20.3 Å². The van der Waals surface area contributed by atoms with Crippen molar-refractivity contribution in [2.75, 3.05) is 7.11 Å². The number of fused-ring (bicyclic) bond motifs is 1. The molecule has 1 unspecified atom stereocenters. The average molecular weight is 382 g/mol. The molecule has 0 bridgehead atoms. The number of carbonyl (C=O) groups excluding carboxylic acids is 1. The number of amides is 1. The summed E-state index contributed by atoms with van der Waals surface area (Å²) in [6, 6.07) is 13.9. The van der Waals surface area contributed by atoms with Gasteiger partial charge in [-0.25, -0.2) is 9.07 Å². The molecule has 1 atom stereocenters. The summed E-state index contributed by atoms with van der Waals surface area (Å²) in [6.45, 7) is 0.745. The van der Waals surface area contributed by atoms with Crippen molar-refractivity contribution in [3.05, 3.63) is 76.9 Å². The molecule has 28 heavy (non-hydrogen) atoms. The van der Waals surface area contributed by atoms with Gasteiger partial charge in [0.2, 0.25) is 0 Å². The smallest absolute Gasteiger partial charge is 0.274 e. The second-order valence-corrected chi connectivity index (χ2v) is 6.41. The fourth-order valence-electron chi connectivity index (χ4n) is 3.11. The Bertz CT molecular complexity index is 987. The first-order chi connectivity index (χ1) is 13.7. The van der Waals surface area contributed by atoms with Crippen LogP contribution in [0.1, 0.15) is 33.4 Å². The minimum absolute atomic E-state index is 0.0765. The topological polar surface area (TPSA) is 78.3 Å². The van der Waals surface area contributed by atoms with Crippen LogP contribution < -0.4 is 10.1 Å². The Morgan fingerprint density at radius 1 is 1.29 bits per heavy atom. The molecule has 2 aromatic carbocycles. The molecule has 144 valence electrons. The van der Waals surface area contributed by atoms with Crippen LogP contribution in [-0.2, 0) is 24.4 Å². The lowest BCUT2D eigenvalue weighted by Crippen LogP contribution is -2.27. The molecule has 1 amide bonds. The van der Waals surface area contributed by atoms with E-state index in [9.17, 15) is 9.18 Å². The normalized spacial score (nSPS) is 15.7. The number of rotatable bonds is 5. The number of carbonyl (C=O) groups is 1. The van der Waals surface area contributed by atoms with Crippen molar-refractivity contribution in [3.8, 4) is 5.75 Å². The fraction of sp³-hybridized carbons (Fsp3) is 0.250. The Balaban J connectivity index is 1.44. The molecule has 7 nitrogen and oxygen atoms in total. The van der Waals surface area contributed by atoms with Gasteiger partial charge in [-0.1, -0.05) is 35.5 Å². The third kappa shape index (κ3) is 3.59. The molecular formula is C20H19FN4O3. The van der Waals surface area contributed by atoms with Crippen LogP contribution >= 0.6 is 0 Å². The van der Waals surface area contributed by atoms with Gasteiger partial charge < -0.3 is 14.8 Å². The van der Waals surface area contributed by atoms with Gasteiger partial charge in [-0.2, -0.15) is 0 Å². The van der Waals surface area contributed by atoms with Crippen LogP contribution in [0.25, 0.3) is 0 Å².